The number of piperidine rings is 2. The van der Waals surface area contributed by atoms with Crippen LogP contribution in [0, 0.1) is 6.92 Å². The summed E-state index contributed by atoms with van der Waals surface area (Å²) in [5, 5.41) is 7.43. The summed E-state index contributed by atoms with van der Waals surface area (Å²) < 4.78 is 0. The van der Waals surface area contributed by atoms with Gasteiger partial charge in [-0.3, -0.25) is 4.79 Å². The molecule has 24 heavy (non-hydrogen) atoms. The molecule has 0 aromatic heterocycles. The third-order valence-electron chi connectivity index (χ3n) is 5.19. The van der Waals surface area contributed by atoms with Crippen LogP contribution in [-0.2, 0) is 0 Å². The van der Waals surface area contributed by atoms with Crippen molar-refractivity contribution in [1.29, 1.82) is 0 Å². The first-order valence-corrected chi connectivity index (χ1v) is 9.43. The second kappa shape index (κ2) is 7.51. The fourth-order valence-electron chi connectivity index (χ4n) is 4.05. The highest BCUT2D eigenvalue weighted by molar-refractivity contribution is 7.80. The van der Waals surface area contributed by atoms with E-state index >= 15 is 0 Å². The Bertz CT molecular complexity index is 587. The Balaban J connectivity index is 1.64. The fraction of sp³-hybridized carbons (Fsp3) is 0.579. The SMILES string of the molecule is CCNC(=S)N1[C@H]2CCC[C@H]1CC(NC(=O)c1ccc(C)cc1)C2. The van der Waals surface area contributed by atoms with E-state index in [1.165, 1.54) is 24.8 Å². The highest BCUT2D eigenvalue weighted by atomic mass is 32.1. The van der Waals surface area contributed by atoms with Crippen molar-refractivity contribution >= 4 is 23.2 Å². The Kier molecular flexibility index (Phi) is 5.39. The van der Waals surface area contributed by atoms with E-state index in [0.717, 1.165) is 30.1 Å². The Morgan fingerprint density at radius 3 is 2.42 bits per heavy atom. The molecule has 4 nitrogen and oxygen atoms in total. The van der Waals surface area contributed by atoms with Crippen molar-refractivity contribution in [3.8, 4) is 0 Å². The van der Waals surface area contributed by atoms with Gasteiger partial charge in [-0.1, -0.05) is 17.7 Å². The van der Waals surface area contributed by atoms with Gasteiger partial charge in [0, 0.05) is 30.2 Å². The quantitative estimate of drug-likeness (QED) is 0.827. The molecule has 0 saturated carbocycles. The summed E-state index contributed by atoms with van der Waals surface area (Å²) in [6.07, 6.45) is 5.57. The highest BCUT2D eigenvalue weighted by Gasteiger charge is 2.39. The minimum atomic E-state index is 0.0424. The number of aryl methyl sites for hydroxylation is 1. The lowest BCUT2D eigenvalue weighted by Crippen LogP contribution is -2.60. The first kappa shape index (κ1) is 17.2. The van der Waals surface area contributed by atoms with Crippen LogP contribution in [-0.4, -0.2) is 40.6 Å². The second-order valence-corrected chi connectivity index (χ2v) is 7.38. The maximum Gasteiger partial charge on any atom is 0.251 e. The molecule has 0 radical (unpaired) electrons. The molecule has 0 aliphatic carbocycles. The fourth-order valence-corrected chi connectivity index (χ4v) is 4.49. The Morgan fingerprint density at radius 2 is 1.83 bits per heavy atom. The molecule has 2 aliphatic rings. The van der Waals surface area contributed by atoms with Crippen LogP contribution < -0.4 is 10.6 Å². The Morgan fingerprint density at radius 1 is 1.21 bits per heavy atom. The van der Waals surface area contributed by atoms with Gasteiger partial charge < -0.3 is 15.5 Å². The normalized spacial score (nSPS) is 25.9. The maximum absolute atomic E-state index is 12.5. The zero-order chi connectivity index (χ0) is 17.1. The number of hydrogen-bond acceptors (Lipinski definition) is 2. The minimum Gasteiger partial charge on any atom is -0.363 e. The predicted octanol–water partition coefficient (Wildman–Crippen LogP) is 3.00. The molecular formula is C19H27N3OS. The summed E-state index contributed by atoms with van der Waals surface area (Å²) in [5.74, 6) is 0.0424. The van der Waals surface area contributed by atoms with Crippen LogP contribution in [0.5, 0.6) is 0 Å². The molecule has 2 fully saturated rings. The van der Waals surface area contributed by atoms with Crippen molar-refractivity contribution in [3.05, 3.63) is 35.4 Å². The van der Waals surface area contributed by atoms with Gasteiger partial charge >= 0.3 is 0 Å². The van der Waals surface area contributed by atoms with Crippen molar-refractivity contribution < 1.29 is 4.79 Å². The van der Waals surface area contributed by atoms with Crippen LogP contribution in [0.1, 0.15) is 54.9 Å². The van der Waals surface area contributed by atoms with E-state index < -0.39 is 0 Å². The molecule has 130 valence electrons. The van der Waals surface area contributed by atoms with Gasteiger partial charge in [-0.05, 0) is 70.3 Å². The van der Waals surface area contributed by atoms with Crippen LogP contribution in [0.3, 0.4) is 0 Å². The molecule has 1 amide bonds. The third-order valence-corrected chi connectivity index (χ3v) is 5.54. The van der Waals surface area contributed by atoms with Gasteiger partial charge in [0.05, 0.1) is 0 Å². The van der Waals surface area contributed by atoms with Crippen LogP contribution in [0.15, 0.2) is 24.3 Å². The van der Waals surface area contributed by atoms with Gasteiger partial charge in [0.1, 0.15) is 0 Å². The molecule has 0 unspecified atom stereocenters. The number of thiocarbonyl (C=S) groups is 1. The molecule has 2 aliphatic heterocycles. The molecule has 2 saturated heterocycles. The Hall–Kier alpha value is -1.62. The van der Waals surface area contributed by atoms with Gasteiger partial charge in [-0.2, -0.15) is 0 Å². The molecule has 0 spiro atoms. The van der Waals surface area contributed by atoms with Gasteiger partial charge in [0.2, 0.25) is 0 Å². The van der Waals surface area contributed by atoms with E-state index in [1.807, 2.05) is 31.2 Å². The number of rotatable bonds is 3. The summed E-state index contributed by atoms with van der Waals surface area (Å²) in [6.45, 7) is 4.98. The van der Waals surface area contributed by atoms with Gasteiger partial charge in [-0.15, -0.1) is 0 Å². The van der Waals surface area contributed by atoms with E-state index in [-0.39, 0.29) is 11.9 Å². The number of hydrogen-bond donors (Lipinski definition) is 2. The standard InChI is InChI=1S/C19H27N3OS/c1-3-20-19(24)22-16-5-4-6-17(22)12-15(11-16)21-18(23)14-9-7-13(2)8-10-14/h7-10,15-17H,3-6,11-12H2,1-2H3,(H,20,24)(H,21,23)/t16-,17-/m0/s1. The number of nitrogens with one attached hydrogen (secondary N) is 2. The Labute approximate surface area is 150 Å². The van der Waals surface area contributed by atoms with E-state index in [2.05, 4.69) is 22.5 Å². The van der Waals surface area contributed by atoms with Crippen molar-refractivity contribution in [2.45, 2.75) is 64.1 Å². The predicted molar refractivity (Wildman–Crippen MR) is 101 cm³/mol. The van der Waals surface area contributed by atoms with Gasteiger partial charge in [0.25, 0.3) is 5.91 Å². The number of benzene rings is 1. The number of carbonyl (C=O) groups is 1. The number of fused-ring (bicyclic) bond motifs is 2. The maximum atomic E-state index is 12.5. The average Bonchev–Trinajstić information content (AvgIpc) is 2.54. The van der Waals surface area contributed by atoms with Crippen LogP contribution >= 0.6 is 12.2 Å². The van der Waals surface area contributed by atoms with Crippen LogP contribution in [0.2, 0.25) is 0 Å². The van der Waals surface area contributed by atoms with Crippen LogP contribution in [0.4, 0.5) is 0 Å². The summed E-state index contributed by atoms with van der Waals surface area (Å²) in [5.41, 5.74) is 1.92. The van der Waals surface area contributed by atoms with Crippen molar-refractivity contribution in [3.63, 3.8) is 0 Å². The molecular weight excluding hydrogens is 318 g/mol. The summed E-state index contributed by atoms with van der Waals surface area (Å²) in [7, 11) is 0. The molecule has 2 atom stereocenters. The monoisotopic (exact) mass is 345 g/mol. The zero-order valence-electron chi connectivity index (χ0n) is 14.5. The van der Waals surface area contributed by atoms with Gasteiger partial charge in [0.15, 0.2) is 5.11 Å². The van der Waals surface area contributed by atoms with E-state index in [0.29, 0.717) is 12.1 Å². The first-order valence-electron chi connectivity index (χ1n) is 9.02. The summed E-state index contributed by atoms with van der Waals surface area (Å²) in [6, 6.07) is 8.93. The number of carbonyl (C=O) groups excluding carboxylic acids is 1. The van der Waals surface area contributed by atoms with E-state index in [9.17, 15) is 4.79 Å². The molecule has 2 heterocycles. The van der Waals surface area contributed by atoms with Crippen molar-refractivity contribution in [1.82, 2.24) is 15.5 Å². The molecule has 2 bridgehead atoms. The average molecular weight is 346 g/mol. The largest absolute Gasteiger partial charge is 0.363 e. The van der Waals surface area contributed by atoms with Gasteiger partial charge in [-0.25, -0.2) is 0 Å². The van der Waals surface area contributed by atoms with Crippen molar-refractivity contribution in [2.24, 2.45) is 0 Å². The number of nitrogens with zero attached hydrogens (tertiary/aromatic N) is 1. The number of amides is 1. The molecule has 1 aromatic rings. The molecule has 2 N–H and O–H groups in total. The highest BCUT2D eigenvalue weighted by Crippen LogP contribution is 2.34. The lowest BCUT2D eigenvalue weighted by atomic mass is 9.82. The zero-order valence-corrected chi connectivity index (χ0v) is 15.4. The van der Waals surface area contributed by atoms with Crippen LogP contribution in [0.25, 0.3) is 0 Å². The topological polar surface area (TPSA) is 44.4 Å². The van der Waals surface area contributed by atoms with Crippen molar-refractivity contribution in [2.75, 3.05) is 6.54 Å². The summed E-state index contributed by atoms with van der Waals surface area (Å²) in [4.78, 5) is 14.9. The molecule has 1 aromatic carbocycles. The first-order chi connectivity index (χ1) is 11.6. The second-order valence-electron chi connectivity index (χ2n) is 6.99. The van der Waals surface area contributed by atoms with E-state index in [1.54, 1.807) is 0 Å². The molecule has 3 rings (SSSR count). The third kappa shape index (κ3) is 3.72. The van der Waals surface area contributed by atoms with E-state index in [4.69, 9.17) is 12.2 Å². The lowest BCUT2D eigenvalue weighted by molar-refractivity contribution is 0.0741. The minimum absolute atomic E-state index is 0.0424. The molecule has 5 heteroatoms. The smallest absolute Gasteiger partial charge is 0.251 e. The lowest BCUT2D eigenvalue weighted by Gasteiger charge is -2.50. The summed E-state index contributed by atoms with van der Waals surface area (Å²) >= 11 is 5.57.